The number of pyridine rings is 2. The van der Waals surface area contributed by atoms with Gasteiger partial charge in [0.05, 0.1) is 18.8 Å². The number of rotatable bonds is 1. The molecule has 90 valence electrons. The minimum absolute atomic E-state index is 0.398. The number of esters is 1. The molecule has 0 unspecified atom stereocenters. The smallest absolute Gasteiger partial charge is 0.356 e. The number of fused-ring (bicyclic) bond motifs is 3. The molecule has 0 aliphatic rings. The average Bonchev–Trinajstić information content (AvgIpc) is 2.82. The van der Waals surface area contributed by atoms with Crippen molar-refractivity contribution >= 4 is 38.4 Å². The first-order chi connectivity index (χ1) is 8.70. The van der Waals surface area contributed by atoms with Gasteiger partial charge in [0, 0.05) is 22.3 Å². The maximum Gasteiger partial charge on any atom is 0.356 e. The molecule has 0 radical (unpaired) electrons. The topological polar surface area (TPSA) is 56.5 Å². The van der Waals surface area contributed by atoms with Crippen LogP contribution >= 0.6 is 15.9 Å². The van der Waals surface area contributed by atoms with Crippen LogP contribution in [0.4, 0.5) is 0 Å². The number of methoxy groups -OCH3 is 1. The standard InChI is InChI=1S/C12H8BrN3O2/c1-18-12(17)10-6-15-11-8-4-7(13)5-14-9(8)2-3-16(10)11/h2-6H,1H3. The molecule has 3 rings (SSSR count). The summed E-state index contributed by atoms with van der Waals surface area (Å²) in [7, 11) is 1.35. The zero-order chi connectivity index (χ0) is 12.7. The Kier molecular flexibility index (Phi) is 2.52. The first kappa shape index (κ1) is 11.2. The van der Waals surface area contributed by atoms with E-state index in [2.05, 4.69) is 25.9 Å². The zero-order valence-electron chi connectivity index (χ0n) is 9.42. The minimum atomic E-state index is -0.412. The van der Waals surface area contributed by atoms with Crippen molar-refractivity contribution in [3.05, 3.63) is 40.9 Å². The molecule has 3 heterocycles. The molecule has 0 saturated carbocycles. The summed E-state index contributed by atoms with van der Waals surface area (Å²) >= 11 is 3.38. The molecule has 0 aliphatic carbocycles. The molecular formula is C12H8BrN3O2. The Morgan fingerprint density at radius 1 is 1.39 bits per heavy atom. The third-order valence-corrected chi connectivity index (χ3v) is 3.13. The summed E-state index contributed by atoms with van der Waals surface area (Å²) in [4.78, 5) is 20.1. The lowest BCUT2D eigenvalue weighted by molar-refractivity contribution is 0.0593. The van der Waals surface area contributed by atoms with Crippen LogP contribution in [0.1, 0.15) is 10.5 Å². The third-order valence-electron chi connectivity index (χ3n) is 2.70. The molecule has 0 bridgehead atoms. The van der Waals surface area contributed by atoms with Gasteiger partial charge in [-0.1, -0.05) is 0 Å². The Balaban J connectivity index is 2.39. The van der Waals surface area contributed by atoms with Crippen LogP contribution in [0.3, 0.4) is 0 Å². The van der Waals surface area contributed by atoms with Gasteiger partial charge in [-0.15, -0.1) is 0 Å². The Hall–Kier alpha value is -1.95. The van der Waals surface area contributed by atoms with Crippen molar-refractivity contribution in [2.75, 3.05) is 7.11 Å². The summed E-state index contributed by atoms with van der Waals surface area (Å²) in [5.74, 6) is -0.412. The lowest BCUT2D eigenvalue weighted by Crippen LogP contribution is -2.05. The van der Waals surface area contributed by atoms with Crippen LogP contribution < -0.4 is 0 Å². The van der Waals surface area contributed by atoms with Gasteiger partial charge in [0.2, 0.25) is 0 Å². The van der Waals surface area contributed by atoms with E-state index in [-0.39, 0.29) is 0 Å². The Morgan fingerprint density at radius 3 is 3.00 bits per heavy atom. The molecule has 6 heteroatoms. The van der Waals surface area contributed by atoms with E-state index in [9.17, 15) is 4.79 Å². The summed E-state index contributed by atoms with van der Waals surface area (Å²) in [6.45, 7) is 0. The molecule has 0 spiro atoms. The molecule has 0 atom stereocenters. The van der Waals surface area contributed by atoms with Gasteiger partial charge in [-0.2, -0.15) is 0 Å². The quantitative estimate of drug-likeness (QED) is 0.648. The summed E-state index contributed by atoms with van der Waals surface area (Å²) < 4.78 is 7.28. The van der Waals surface area contributed by atoms with E-state index < -0.39 is 5.97 Å². The van der Waals surface area contributed by atoms with Gasteiger partial charge in [-0.3, -0.25) is 9.38 Å². The van der Waals surface area contributed by atoms with E-state index in [1.54, 1.807) is 16.8 Å². The SMILES string of the molecule is COC(=O)c1cnc2c3cc(Br)cnc3ccn12. The highest BCUT2D eigenvalue weighted by Gasteiger charge is 2.14. The van der Waals surface area contributed by atoms with E-state index in [4.69, 9.17) is 4.74 Å². The Morgan fingerprint density at radius 2 is 2.22 bits per heavy atom. The van der Waals surface area contributed by atoms with Crippen molar-refractivity contribution < 1.29 is 9.53 Å². The molecule has 0 saturated heterocycles. The van der Waals surface area contributed by atoms with Crippen molar-refractivity contribution in [1.82, 2.24) is 14.4 Å². The van der Waals surface area contributed by atoms with Crippen LogP contribution in [0.15, 0.2) is 35.2 Å². The summed E-state index contributed by atoms with van der Waals surface area (Å²) in [6.07, 6.45) is 4.99. The highest BCUT2D eigenvalue weighted by Crippen LogP contribution is 2.22. The fourth-order valence-electron chi connectivity index (χ4n) is 1.87. The lowest BCUT2D eigenvalue weighted by Gasteiger charge is -2.02. The average molecular weight is 306 g/mol. The van der Waals surface area contributed by atoms with Gasteiger partial charge in [0.25, 0.3) is 0 Å². The summed E-state index contributed by atoms with van der Waals surface area (Å²) in [5.41, 5.74) is 1.91. The molecular weight excluding hydrogens is 298 g/mol. The molecule has 0 aromatic carbocycles. The third kappa shape index (κ3) is 1.57. The molecule has 0 fully saturated rings. The number of aromatic nitrogens is 3. The predicted octanol–water partition coefficient (Wildman–Crippen LogP) is 2.43. The largest absolute Gasteiger partial charge is 0.464 e. The van der Waals surface area contributed by atoms with Crippen molar-refractivity contribution in [3.8, 4) is 0 Å². The van der Waals surface area contributed by atoms with Crippen LogP contribution in [0.5, 0.6) is 0 Å². The Bertz CT molecular complexity index is 766. The normalized spacial score (nSPS) is 11.0. The van der Waals surface area contributed by atoms with E-state index in [1.165, 1.54) is 13.3 Å². The maximum absolute atomic E-state index is 11.6. The molecule has 0 N–H and O–H groups in total. The van der Waals surface area contributed by atoms with Gasteiger partial charge >= 0.3 is 5.97 Å². The lowest BCUT2D eigenvalue weighted by atomic mass is 10.2. The Labute approximate surface area is 111 Å². The first-order valence-corrected chi connectivity index (χ1v) is 5.99. The monoisotopic (exact) mass is 305 g/mol. The zero-order valence-corrected chi connectivity index (χ0v) is 11.0. The molecule has 3 aromatic rings. The second-order valence-corrected chi connectivity index (χ2v) is 4.65. The van der Waals surface area contributed by atoms with E-state index in [0.717, 1.165) is 15.4 Å². The molecule has 5 nitrogen and oxygen atoms in total. The van der Waals surface area contributed by atoms with Gasteiger partial charge < -0.3 is 4.74 Å². The van der Waals surface area contributed by atoms with Crippen LogP contribution in [-0.4, -0.2) is 27.4 Å². The number of imidazole rings is 1. The molecule has 0 amide bonds. The van der Waals surface area contributed by atoms with E-state index in [1.807, 2.05) is 12.1 Å². The molecule has 18 heavy (non-hydrogen) atoms. The van der Waals surface area contributed by atoms with Gasteiger partial charge in [0.15, 0.2) is 5.69 Å². The van der Waals surface area contributed by atoms with Crippen LogP contribution in [-0.2, 0) is 4.74 Å². The fraction of sp³-hybridized carbons (Fsp3) is 0.0833. The minimum Gasteiger partial charge on any atom is -0.464 e. The van der Waals surface area contributed by atoms with Gasteiger partial charge in [0.1, 0.15) is 5.65 Å². The number of carbonyl (C=O) groups is 1. The predicted molar refractivity (Wildman–Crippen MR) is 69.5 cm³/mol. The number of ether oxygens (including phenoxy) is 1. The second-order valence-electron chi connectivity index (χ2n) is 3.73. The fourth-order valence-corrected chi connectivity index (χ4v) is 2.20. The van der Waals surface area contributed by atoms with Crippen molar-refractivity contribution in [2.45, 2.75) is 0 Å². The van der Waals surface area contributed by atoms with Crippen LogP contribution in [0.2, 0.25) is 0 Å². The molecule has 0 aliphatic heterocycles. The van der Waals surface area contributed by atoms with Gasteiger partial charge in [-0.25, -0.2) is 9.78 Å². The van der Waals surface area contributed by atoms with Crippen LogP contribution in [0.25, 0.3) is 16.6 Å². The van der Waals surface area contributed by atoms with Gasteiger partial charge in [-0.05, 0) is 28.1 Å². The molecule has 3 aromatic heterocycles. The number of hydrogen-bond donors (Lipinski definition) is 0. The number of carbonyl (C=O) groups excluding carboxylic acids is 1. The highest BCUT2D eigenvalue weighted by molar-refractivity contribution is 9.10. The van der Waals surface area contributed by atoms with E-state index in [0.29, 0.717) is 11.3 Å². The number of hydrogen-bond acceptors (Lipinski definition) is 4. The van der Waals surface area contributed by atoms with E-state index >= 15 is 0 Å². The first-order valence-electron chi connectivity index (χ1n) is 5.20. The van der Waals surface area contributed by atoms with Crippen molar-refractivity contribution in [2.24, 2.45) is 0 Å². The highest BCUT2D eigenvalue weighted by atomic mass is 79.9. The summed E-state index contributed by atoms with van der Waals surface area (Å²) in [5, 5.41) is 0.877. The maximum atomic E-state index is 11.6. The van der Waals surface area contributed by atoms with Crippen molar-refractivity contribution in [1.29, 1.82) is 0 Å². The van der Waals surface area contributed by atoms with Crippen molar-refractivity contribution in [3.63, 3.8) is 0 Å². The number of halogens is 1. The number of nitrogens with zero attached hydrogens (tertiary/aromatic N) is 3. The second kappa shape index (κ2) is 4.06. The summed E-state index contributed by atoms with van der Waals surface area (Å²) in [6, 6.07) is 3.76. The van der Waals surface area contributed by atoms with Crippen LogP contribution in [0, 0.1) is 0 Å².